The van der Waals surface area contributed by atoms with E-state index in [1.165, 1.54) is 0 Å². The van der Waals surface area contributed by atoms with Crippen LogP contribution in [0.5, 0.6) is 0 Å². The van der Waals surface area contributed by atoms with Crippen molar-refractivity contribution in [2.75, 3.05) is 14.1 Å². The second-order valence-corrected chi connectivity index (χ2v) is 3.99. The van der Waals surface area contributed by atoms with E-state index in [9.17, 15) is 4.57 Å². The van der Waals surface area contributed by atoms with Crippen molar-refractivity contribution < 1.29 is 9.09 Å². The maximum absolute atomic E-state index is 10.8. The van der Waals surface area contributed by atoms with E-state index in [0.717, 1.165) is 0 Å². The summed E-state index contributed by atoms with van der Waals surface area (Å²) in [6.45, 7) is 3.73. The molecule has 0 saturated carbocycles. The van der Waals surface area contributed by atoms with Gasteiger partial charge in [0.1, 0.15) is 0 Å². The SMILES string of the molecule is CC(C)O[PH](=O)N(C)C. The monoisotopic (exact) mass is 151 g/mol. The van der Waals surface area contributed by atoms with Crippen molar-refractivity contribution in [3.8, 4) is 0 Å². The fourth-order valence-corrected chi connectivity index (χ4v) is 0.921. The Hall–Kier alpha value is 0.150. The molecule has 3 nitrogen and oxygen atoms in total. The Balaban J connectivity index is 3.51. The average molecular weight is 151 g/mol. The summed E-state index contributed by atoms with van der Waals surface area (Å²) in [5.74, 6) is 0. The third kappa shape index (κ3) is 4.64. The quantitative estimate of drug-likeness (QED) is 0.570. The molecule has 0 rings (SSSR count). The number of hydrogen-bond donors (Lipinski definition) is 0. The van der Waals surface area contributed by atoms with E-state index in [1.807, 2.05) is 13.8 Å². The van der Waals surface area contributed by atoms with Crippen molar-refractivity contribution in [2.24, 2.45) is 0 Å². The van der Waals surface area contributed by atoms with Crippen molar-refractivity contribution in [2.45, 2.75) is 20.0 Å². The van der Waals surface area contributed by atoms with Crippen LogP contribution in [-0.2, 0) is 9.09 Å². The number of nitrogens with zero attached hydrogens (tertiary/aromatic N) is 1. The molecule has 1 atom stereocenters. The molecule has 0 aromatic rings. The molecule has 4 heteroatoms. The topological polar surface area (TPSA) is 29.5 Å². The molecule has 0 aliphatic rings. The first kappa shape index (κ1) is 9.15. The molecule has 0 aromatic carbocycles. The molecular formula is C5H14NO2P. The summed E-state index contributed by atoms with van der Waals surface area (Å²) in [6, 6.07) is 0. The minimum atomic E-state index is -1.92. The van der Waals surface area contributed by atoms with E-state index in [1.54, 1.807) is 18.8 Å². The van der Waals surface area contributed by atoms with Gasteiger partial charge in [0.05, 0.1) is 6.10 Å². The van der Waals surface area contributed by atoms with E-state index >= 15 is 0 Å². The van der Waals surface area contributed by atoms with Crippen molar-refractivity contribution in [1.29, 1.82) is 0 Å². The zero-order chi connectivity index (χ0) is 7.44. The highest BCUT2D eigenvalue weighted by atomic mass is 31.1. The molecule has 0 aromatic heterocycles. The third-order valence-electron chi connectivity index (χ3n) is 0.702. The smallest absolute Gasteiger partial charge is 0.260 e. The summed E-state index contributed by atoms with van der Waals surface area (Å²) in [4.78, 5) is 0. The first-order chi connectivity index (χ1) is 4.04. The fraction of sp³-hybridized carbons (Fsp3) is 1.00. The maximum Gasteiger partial charge on any atom is 0.260 e. The third-order valence-corrected chi connectivity index (χ3v) is 2.11. The van der Waals surface area contributed by atoms with Crippen molar-refractivity contribution in [3.05, 3.63) is 0 Å². The molecule has 0 amide bonds. The molecule has 0 saturated heterocycles. The molecule has 0 fully saturated rings. The first-order valence-corrected chi connectivity index (χ1v) is 4.18. The molecular weight excluding hydrogens is 137 g/mol. The van der Waals surface area contributed by atoms with Crippen LogP contribution in [0, 0.1) is 0 Å². The van der Waals surface area contributed by atoms with Gasteiger partial charge in [-0.25, -0.2) is 4.67 Å². The minimum Gasteiger partial charge on any atom is -0.317 e. The summed E-state index contributed by atoms with van der Waals surface area (Å²) in [7, 11) is 1.56. The van der Waals surface area contributed by atoms with Crippen molar-refractivity contribution in [3.63, 3.8) is 0 Å². The Kier molecular flexibility index (Phi) is 4.11. The molecule has 0 spiro atoms. The summed E-state index contributed by atoms with van der Waals surface area (Å²) in [5.41, 5.74) is 0. The Bertz CT molecular complexity index is 103. The summed E-state index contributed by atoms with van der Waals surface area (Å²) in [5, 5.41) is 0. The lowest BCUT2D eigenvalue weighted by Gasteiger charge is -2.11. The summed E-state index contributed by atoms with van der Waals surface area (Å²) in [6.07, 6.45) is 0.0544. The lowest BCUT2D eigenvalue weighted by molar-refractivity contribution is 0.236. The zero-order valence-corrected chi connectivity index (χ0v) is 7.34. The fourth-order valence-electron chi connectivity index (χ4n) is 0.307. The van der Waals surface area contributed by atoms with Crippen LogP contribution in [0.25, 0.3) is 0 Å². The Morgan fingerprint density at radius 2 is 1.89 bits per heavy atom. The predicted octanol–water partition coefficient (Wildman–Crippen LogP) is 1.36. The highest BCUT2D eigenvalue weighted by Gasteiger charge is 2.02. The van der Waals surface area contributed by atoms with Crippen LogP contribution >= 0.6 is 8.18 Å². The van der Waals surface area contributed by atoms with Crippen LogP contribution in [0.15, 0.2) is 0 Å². The van der Waals surface area contributed by atoms with Gasteiger partial charge in [-0.1, -0.05) is 0 Å². The van der Waals surface area contributed by atoms with Gasteiger partial charge >= 0.3 is 0 Å². The van der Waals surface area contributed by atoms with Crippen LogP contribution in [-0.4, -0.2) is 24.9 Å². The maximum atomic E-state index is 10.8. The van der Waals surface area contributed by atoms with Gasteiger partial charge in [-0.3, -0.25) is 4.57 Å². The molecule has 0 radical (unpaired) electrons. The van der Waals surface area contributed by atoms with Gasteiger partial charge in [0.2, 0.25) is 0 Å². The largest absolute Gasteiger partial charge is 0.317 e. The first-order valence-electron chi connectivity index (χ1n) is 2.92. The molecule has 0 N–H and O–H groups in total. The molecule has 0 bridgehead atoms. The minimum absolute atomic E-state index is 0.0544. The van der Waals surface area contributed by atoms with Gasteiger partial charge in [-0.15, -0.1) is 0 Å². The average Bonchev–Trinajstić information content (AvgIpc) is 1.63. The standard InChI is InChI=1S/C5H14NO2P/c1-5(2)8-9(7)6(3)4/h5,9H,1-4H3. The number of rotatable bonds is 3. The van der Waals surface area contributed by atoms with E-state index in [-0.39, 0.29) is 6.10 Å². The molecule has 56 valence electrons. The van der Waals surface area contributed by atoms with Gasteiger partial charge in [0, 0.05) is 0 Å². The molecule has 9 heavy (non-hydrogen) atoms. The van der Waals surface area contributed by atoms with E-state index in [2.05, 4.69) is 0 Å². The van der Waals surface area contributed by atoms with E-state index in [0.29, 0.717) is 0 Å². The summed E-state index contributed by atoms with van der Waals surface area (Å²) >= 11 is 0. The zero-order valence-electron chi connectivity index (χ0n) is 6.34. The van der Waals surface area contributed by atoms with E-state index < -0.39 is 8.18 Å². The second kappa shape index (κ2) is 4.04. The highest BCUT2D eigenvalue weighted by molar-refractivity contribution is 7.36. The Morgan fingerprint density at radius 3 is 2.00 bits per heavy atom. The Labute approximate surface area is 56.9 Å². The molecule has 1 unspecified atom stereocenters. The van der Waals surface area contributed by atoms with Gasteiger partial charge in [0.15, 0.2) is 0 Å². The Morgan fingerprint density at radius 1 is 1.44 bits per heavy atom. The van der Waals surface area contributed by atoms with Gasteiger partial charge in [-0.05, 0) is 27.9 Å². The van der Waals surface area contributed by atoms with Crippen LogP contribution in [0.4, 0.5) is 0 Å². The second-order valence-electron chi connectivity index (χ2n) is 2.33. The van der Waals surface area contributed by atoms with Crippen molar-refractivity contribution in [1.82, 2.24) is 4.67 Å². The van der Waals surface area contributed by atoms with Crippen LogP contribution < -0.4 is 0 Å². The lowest BCUT2D eigenvalue weighted by Crippen LogP contribution is -2.05. The van der Waals surface area contributed by atoms with Gasteiger partial charge < -0.3 is 4.52 Å². The predicted molar refractivity (Wildman–Crippen MR) is 38.9 cm³/mol. The summed E-state index contributed by atoms with van der Waals surface area (Å²) < 4.78 is 17.4. The van der Waals surface area contributed by atoms with E-state index in [4.69, 9.17) is 4.52 Å². The number of hydrogen-bond acceptors (Lipinski definition) is 2. The highest BCUT2D eigenvalue weighted by Crippen LogP contribution is 2.25. The van der Waals surface area contributed by atoms with Crippen molar-refractivity contribution >= 4 is 8.18 Å². The van der Waals surface area contributed by atoms with Crippen LogP contribution in [0.1, 0.15) is 13.8 Å². The van der Waals surface area contributed by atoms with Crippen LogP contribution in [0.3, 0.4) is 0 Å². The van der Waals surface area contributed by atoms with Gasteiger partial charge in [0.25, 0.3) is 8.18 Å². The van der Waals surface area contributed by atoms with Gasteiger partial charge in [-0.2, -0.15) is 0 Å². The molecule has 0 aliphatic heterocycles. The molecule has 0 heterocycles. The van der Waals surface area contributed by atoms with Crippen LogP contribution in [0.2, 0.25) is 0 Å². The normalized spacial score (nSPS) is 14.9. The lowest BCUT2D eigenvalue weighted by atomic mass is 10.5. The molecule has 0 aliphatic carbocycles.